The molecule has 0 bridgehead atoms. The summed E-state index contributed by atoms with van der Waals surface area (Å²) in [6, 6.07) is 4.37. The summed E-state index contributed by atoms with van der Waals surface area (Å²) < 4.78 is 37.2. The zero-order chi connectivity index (χ0) is 23.3. The molecule has 11 heteroatoms. The van der Waals surface area contributed by atoms with Crippen molar-refractivity contribution in [2.45, 2.75) is 12.8 Å². The van der Waals surface area contributed by atoms with Gasteiger partial charge >= 0.3 is 11.9 Å². The van der Waals surface area contributed by atoms with Crippen LogP contribution in [0.3, 0.4) is 0 Å². The van der Waals surface area contributed by atoms with E-state index in [1.165, 1.54) is 22.5 Å². The Balaban J connectivity index is 1.81. The fourth-order valence-corrected chi connectivity index (χ4v) is 4.36. The van der Waals surface area contributed by atoms with E-state index in [2.05, 4.69) is 16.8 Å². The lowest BCUT2D eigenvalue weighted by Crippen LogP contribution is -2.47. The van der Waals surface area contributed by atoms with Gasteiger partial charge < -0.3 is 19.5 Å². The van der Waals surface area contributed by atoms with Gasteiger partial charge in [0.1, 0.15) is 5.75 Å². The summed E-state index contributed by atoms with van der Waals surface area (Å²) in [5.41, 5.74) is 0.463. The van der Waals surface area contributed by atoms with E-state index in [9.17, 15) is 18.0 Å². The molecule has 1 aromatic carbocycles. The average Bonchev–Trinajstić information content (AvgIpc) is 3.56. The van der Waals surface area contributed by atoms with Crippen LogP contribution in [0, 0.1) is 5.92 Å². The SMILES string of the molecule is CN1CCN(CCN(c2ccc(C(=O)OCC(=O)O)cc2OCC2CC2)S(C)(=O)=O)CC1. The van der Waals surface area contributed by atoms with Gasteiger partial charge in [0, 0.05) is 39.3 Å². The van der Waals surface area contributed by atoms with Gasteiger partial charge in [0.05, 0.1) is 24.1 Å². The first-order valence-corrected chi connectivity index (χ1v) is 12.5. The van der Waals surface area contributed by atoms with Gasteiger partial charge in [0.2, 0.25) is 10.0 Å². The Morgan fingerprint density at radius 2 is 1.88 bits per heavy atom. The first kappa shape index (κ1) is 24.3. The smallest absolute Gasteiger partial charge is 0.341 e. The van der Waals surface area contributed by atoms with Crippen LogP contribution < -0.4 is 9.04 Å². The standard InChI is InChI=1S/C21H31N3O7S/c1-22-7-9-23(10-8-22)11-12-24(32(2,28)29)18-6-5-17(21(27)31-15-20(25)26)13-19(18)30-14-16-3-4-16/h5-6,13,16H,3-4,7-12,14-15H2,1-2H3,(H,25,26). The molecule has 0 amide bonds. The van der Waals surface area contributed by atoms with Crippen LogP contribution in [0.4, 0.5) is 5.69 Å². The van der Waals surface area contributed by atoms with Crippen molar-refractivity contribution < 1.29 is 32.6 Å². The molecule has 1 N–H and O–H groups in total. The second-order valence-corrected chi connectivity index (χ2v) is 10.3. The Bertz CT molecular complexity index is 925. The molecule has 32 heavy (non-hydrogen) atoms. The van der Waals surface area contributed by atoms with Crippen LogP contribution in [-0.4, -0.2) is 101 Å². The first-order chi connectivity index (χ1) is 15.1. The highest BCUT2D eigenvalue weighted by Gasteiger charge is 2.27. The number of hydrogen-bond acceptors (Lipinski definition) is 8. The van der Waals surface area contributed by atoms with E-state index in [-0.39, 0.29) is 17.9 Å². The molecule has 1 aromatic rings. The minimum Gasteiger partial charge on any atom is -0.491 e. The summed E-state index contributed by atoms with van der Waals surface area (Å²) in [6.07, 6.45) is 3.25. The van der Waals surface area contributed by atoms with Crippen molar-refractivity contribution in [3.8, 4) is 5.75 Å². The summed E-state index contributed by atoms with van der Waals surface area (Å²) in [7, 11) is -1.55. The number of benzene rings is 1. The predicted octanol–water partition coefficient (Wildman–Crippen LogP) is 0.730. The van der Waals surface area contributed by atoms with E-state index in [0.717, 1.165) is 45.3 Å². The fourth-order valence-electron chi connectivity index (χ4n) is 3.43. The van der Waals surface area contributed by atoms with E-state index in [0.29, 0.717) is 24.8 Å². The van der Waals surface area contributed by atoms with E-state index >= 15 is 0 Å². The minimum atomic E-state index is -3.61. The number of ether oxygens (including phenoxy) is 2. The molecule has 0 unspecified atom stereocenters. The van der Waals surface area contributed by atoms with Crippen molar-refractivity contribution in [1.82, 2.24) is 9.80 Å². The van der Waals surface area contributed by atoms with Crippen LogP contribution in [-0.2, 0) is 19.6 Å². The zero-order valence-electron chi connectivity index (χ0n) is 18.5. The minimum absolute atomic E-state index is 0.105. The van der Waals surface area contributed by atoms with Crippen molar-refractivity contribution in [3.05, 3.63) is 23.8 Å². The van der Waals surface area contributed by atoms with E-state index in [1.54, 1.807) is 0 Å². The lowest BCUT2D eigenvalue weighted by Gasteiger charge is -2.34. The highest BCUT2D eigenvalue weighted by molar-refractivity contribution is 7.92. The van der Waals surface area contributed by atoms with Crippen LogP contribution in [0.25, 0.3) is 0 Å². The highest BCUT2D eigenvalue weighted by atomic mass is 32.2. The number of anilines is 1. The third kappa shape index (κ3) is 7.07. The Labute approximate surface area is 188 Å². The molecule has 1 saturated heterocycles. The summed E-state index contributed by atoms with van der Waals surface area (Å²) in [5.74, 6) is -1.38. The third-order valence-electron chi connectivity index (χ3n) is 5.58. The third-order valence-corrected chi connectivity index (χ3v) is 6.76. The molecule has 10 nitrogen and oxygen atoms in total. The number of aliphatic carboxylic acids is 1. The van der Waals surface area contributed by atoms with Crippen LogP contribution in [0.2, 0.25) is 0 Å². The van der Waals surface area contributed by atoms with Gasteiger partial charge in [-0.3, -0.25) is 9.21 Å². The lowest BCUT2D eigenvalue weighted by atomic mass is 10.2. The van der Waals surface area contributed by atoms with Crippen LogP contribution in [0.1, 0.15) is 23.2 Å². The maximum absolute atomic E-state index is 12.6. The topological polar surface area (TPSA) is 117 Å². The summed E-state index contributed by atoms with van der Waals surface area (Å²) in [4.78, 5) is 27.3. The van der Waals surface area contributed by atoms with Crippen LogP contribution in [0.5, 0.6) is 5.75 Å². The van der Waals surface area contributed by atoms with Crippen molar-refractivity contribution in [2.75, 3.05) is 70.1 Å². The van der Waals surface area contributed by atoms with Crippen LogP contribution in [0.15, 0.2) is 18.2 Å². The number of piperazine rings is 1. The average molecular weight is 470 g/mol. The number of carbonyl (C=O) groups excluding carboxylic acids is 1. The number of carboxylic acids is 1. The lowest BCUT2D eigenvalue weighted by molar-refractivity contribution is -0.140. The summed E-state index contributed by atoms with van der Waals surface area (Å²) in [5, 5.41) is 8.72. The number of likely N-dealkylation sites (N-methyl/N-ethyl adjacent to an activating group) is 1. The molecule has 0 atom stereocenters. The van der Waals surface area contributed by atoms with Gasteiger partial charge in [-0.2, -0.15) is 0 Å². The van der Waals surface area contributed by atoms with E-state index < -0.39 is 28.6 Å². The number of sulfonamides is 1. The molecule has 1 saturated carbocycles. The normalized spacial score (nSPS) is 17.7. The van der Waals surface area contributed by atoms with Crippen LogP contribution >= 0.6 is 0 Å². The summed E-state index contributed by atoms with van der Waals surface area (Å²) >= 11 is 0. The maximum atomic E-state index is 12.6. The Morgan fingerprint density at radius 3 is 2.47 bits per heavy atom. The van der Waals surface area contributed by atoms with Crippen molar-refractivity contribution >= 4 is 27.6 Å². The largest absolute Gasteiger partial charge is 0.491 e. The quantitative estimate of drug-likeness (QED) is 0.468. The molecular weight excluding hydrogens is 438 g/mol. The van der Waals surface area contributed by atoms with E-state index in [1.807, 2.05) is 0 Å². The van der Waals surface area contributed by atoms with Crippen molar-refractivity contribution in [3.63, 3.8) is 0 Å². The van der Waals surface area contributed by atoms with Gasteiger partial charge in [0.15, 0.2) is 6.61 Å². The van der Waals surface area contributed by atoms with E-state index in [4.69, 9.17) is 14.6 Å². The van der Waals surface area contributed by atoms with Crippen molar-refractivity contribution in [1.29, 1.82) is 0 Å². The van der Waals surface area contributed by atoms with Gasteiger partial charge in [-0.1, -0.05) is 0 Å². The molecule has 0 spiro atoms. The van der Waals surface area contributed by atoms with Gasteiger partial charge in [-0.05, 0) is 44.0 Å². The van der Waals surface area contributed by atoms with Crippen molar-refractivity contribution in [2.24, 2.45) is 5.92 Å². The maximum Gasteiger partial charge on any atom is 0.341 e. The molecule has 178 valence electrons. The Hall–Kier alpha value is -2.37. The molecule has 2 aliphatic rings. The fraction of sp³-hybridized carbons (Fsp3) is 0.619. The number of nitrogens with zero attached hydrogens (tertiary/aromatic N) is 3. The molecule has 0 radical (unpaired) electrons. The molecule has 1 aliphatic heterocycles. The molecular formula is C21H31N3O7S. The molecule has 3 rings (SSSR count). The Kier molecular flexibility index (Phi) is 7.96. The summed E-state index contributed by atoms with van der Waals surface area (Å²) in [6.45, 7) is 4.11. The molecule has 1 heterocycles. The number of carboxylic acid groups (broad SMARTS) is 1. The van der Waals surface area contributed by atoms with Gasteiger partial charge in [-0.25, -0.2) is 18.0 Å². The monoisotopic (exact) mass is 469 g/mol. The predicted molar refractivity (Wildman–Crippen MR) is 119 cm³/mol. The number of rotatable bonds is 11. The molecule has 0 aromatic heterocycles. The second-order valence-electron chi connectivity index (χ2n) is 8.39. The number of hydrogen-bond donors (Lipinski definition) is 1. The number of esters is 1. The van der Waals surface area contributed by atoms with Gasteiger partial charge in [0.25, 0.3) is 0 Å². The zero-order valence-corrected chi connectivity index (χ0v) is 19.3. The van der Waals surface area contributed by atoms with Gasteiger partial charge in [-0.15, -0.1) is 0 Å². The first-order valence-electron chi connectivity index (χ1n) is 10.7. The molecule has 1 aliphatic carbocycles. The number of carbonyl (C=O) groups is 2. The molecule has 2 fully saturated rings. The highest BCUT2D eigenvalue weighted by Crippen LogP contribution is 2.35. The Morgan fingerprint density at radius 1 is 1.19 bits per heavy atom. The second kappa shape index (κ2) is 10.5.